The Morgan fingerprint density at radius 2 is 1.77 bits per heavy atom. The van der Waals surface area contributed by atoms with Gasteiger partial charge in [0.05, 0.1) is 5.69 Å². The lowest BCUT2D eigenvalue weighted by atomic mass is 10.2. The Kier molecular flexibility index (Phi) is 3.65. The molecule has 0 saturated carbocycles. The van der Waals surface area contributed by atoms with E-state index in [2.05, 4.69) is 11.1 Å². The Morgan fingerprint density at radius 1 is 1.15 bits per heavy atom. The average Bonchev–Trinajstić information content (AvgIpc) is 2.49. The van der Waals surface area contributed by atoms with E-state index in [9.17, 15) is 0 Å². The molecule has 1 aromatic carbocycles. The monoisotopic (exact) mass is 176 g/mol. The van der Waals surface area contributed by atoms with Crippen molar-refractivity contribution in [1.29, 1.82) is 0 Å². The van der Waals surface area contributed by atoms with Gasteiger partial charge < -0.3 is 4.90 Å². The van der Waals surface area contributed by atoms with Crippen molar-refractivity contribution < 1.29 is 0 Å². The molecule has 1 aliphatic rings. The highest BCUT2D eigenvalue weighted by atomic mass is 15.0. The lowest BCUT2D eigenvalue weighted by Crippen LogP contribution is -1.99. The molecule has 2 heteroatoms. The zero-order chi connectivity index (χ0) is 9.68. The first-order chi connectivity index (χ1) is 6.20. The molecule has 1 heterocycles. The largest absolute Gasteiger partial charge is 0.312 e. The summed E-state index contributed by atoms with van der Waals surface area (Å²) in [6.45, 7) is 0. The molecule has 1 aliphatic heterocycles. The van der Waals surface area contributed by atoms with E-state index in [1.165, 1.54) is 5.56 Å². The number of hydrogen-bond acceptors (Lipinski definition) is 2. The molecule has 2 rings (SSSR count). The first-order valence-electron chi connectivity index (χ1n) is 4.41. The van der Waals surface area contributed by atoms with Crippen LogP contribution < -0.4 is 0 Å². The zero-order valence-corrected chi connectivity index (χ0v) is 8.49. The molecular weight excluding hydrogens is 160 g/mol. The van der Waals surface area contributed by atoms with Crippen LogP contribution in [-0.2, 0) is 6.42 Å². The van der Waals surface area contributed by atoms with E-state index in [4.69, 9.17) is 0 Å². The summed E-state index contributed by atoms with van der Waals surface area (Å²) in [7, 11) is 6.00. The SMILES string of the molecule is C1=Nc2ccccc2C1.CN(C)C. The van der Waals surface area contributed by atoms with Gasteiger partial charge in [-0.1, -0.05) is 18.2 Å². The van der Waals surface area contributed by atoms with E-state index in [1.54, 1.807) is 0 Å². The summed E-state index contributed by atoms with van der Waals surface area (Å²) >= 11 is 0. The van der Waals surface area contributed by atoms with Gasteiger partial charge in [-0.25, -0.2) is 0 Å². The number of benzene rings is 1. The van der Waals surface area contributed by atoms with Crippen molar-refractivity contribution in [2.24, 2.45) is 4.99 Å². The van der Waals surface area contributed by atoms with E-state index in [1.807, 2.05) is 50.5 Å². The van der Waals surface area contributed by atoms with Crippen LogP contribution in [0.15, 0.2) is 29.3 Å². The van der Waals surface area contributed by atoms with Crippen LogP contribution in [-0.4, -0.2) is 32.3 Å². The maximum atomic E-state index is 4.17. The molecule has 0 atom stereocenters. The van der Waals surface area contributed by atoms with Crippen molar-refractivity contribution in [3.8, 4) is 0 Å². The van der Waals surface area contributed by atoms with Crippen molar-refractivity contribution in [3.05, 3.63) is 29.8 Å². The molecule has 2 nitrogen and oxygen atoms in total. The number of fused-ring (bicyclic) bond motifs is 1. The predicted octanol–water partition coefficient (Wildman–Crippen LogP) is 2.12. The van der Waals surface area contributed by atoms with Crippen LogP contribution in [0.3, 0.4) is 0 Å². The Morgan fingerprint density at radius 3 is 2.38 bits per heavy atom. The summed E-state index contributed by atoms with van der Waals surface area (Å²) in [6, 6.07) is 8.22. The van der Waals surface area contributed by atoms with Crippen LogP contribution in [0.5, 0.6) is 0 Å². The molecule has 0 radical (unpaired) electrons. The predicted molar refractivity (Wildman–Crippen MR) is 57.9 cm³/mol. The third kappa shape index (κ3) is 3.38. The van der Waals surface area contributed by atoms with Gasteiger partial charge in [-0.3, -0.25) is 4.99 Å². The Hall–Kier alpha value is -1.15. The molecule has 0 saturated heterocycles. The molecular formula is C11H16N2. The molecule has 0 aliphatic carbocycles. The number of aliphatic imine (C=N–C) groups is 1. The molecule has 0 fully saturated rings. The van der Waals surface area contributed by atoms with Gasteiger partial charge in [0.2, 0.25) is 0 Å². The van der Waals surface area contributed by atoms with Crippen LogP contribution in [0.2, 0.25) is 0 Å². The fraction of sp³-hybridized carbons (Fsp3) is 0.364. The molecule has 0 aromatic heterocycles. The molecule has 13 heavy (non-hydrogen) atoms. The van der Waals surface area contributed by atoms with Crippen molar-refractivity contribution in [3.63, 3.8) is 0 Å². The Bertz CT molecular complexity index is 287. The first-order valence-corrected chi connectivity index (χ1v) is 4.41. The summed E-state index contributed by atoms with van der Waals surface area (Å²) in [5.74, 6) is 0. The number of para-hydroxylation sites is 1. The highest BCUT2D eigenvalue weighted by Crippen LogP contribution is 2.22. The topological polar surface area (TPSA) is 15.6 Å². The molecule has 0 unspecified atom stereocenters. The average molecular weight is 176 g/mol. The summed E-state index contributed by atoms with van der Waals surface area (Å²) in [5.41, 5.74) is 2.48. The molecule has 0 amide bonds. The second kappa shape index (κ2) is 4.77. The normalized spacial score (nSPS) is 12.3. The molecule has 70 valence electrons. The highest BCUT2D eigenvalue weighted by Gasteiger charge is 2.01. The lowest BCUT2D eigenvalue weighted by molar-refractivity contribution is 0.505. The molecule has 1 aromatic rings. The third-order valence-corrected chi connectivity index (χ3v) is 1.53. The second-order valence-corrected chi connectivity index (χ2v) is 3.49. The van der Waals surface area contributed by atoms with Gasteiger partial charge in [0.25, 0.3) is 0 Å². The quantitative estimate of drug-likeness (QED) is 0.591. The van der Waals surface area contributed by atoms with Gasteiger partial charge in [0, 0.05) is 12.6 Å². The fourth-order valence-electron chi connectivity index (χ4n) is 1.05. The van der Waals surface area contributed by atoms with Crippen LogP contribution in [0.1, 0.15) is 5.56 Å². The number of nitrogens with zero attached hydrogens (tertiary/aromatic N) is 2. The Labute approximate surface area is 79.9 Å². The summed E-state index contributed by atoms with van der Waals surface area (Å²) in [5, 5.41) is 0. The van der Waals surface area contributed by atoms with Crippen molar-refractivity contribution in [2.45, 2.75) is 6.42 Å². The van der Waals surface area contributed by atoms with Gasteiger partial charge >= 0.3 is 0 Å². The van der Waals surface area contributed by atoms with E-state index >= 15 is 0 Å². The van der Waals surface area contributed by atoms with Gasteiger partial charge in [0.1, 0.15) is 0 Å². The fourth-order valence-corrected chi connectivity index (χ4v) is 1.05. The molecule has 0 N–H and O–H groups in total. The van der Waals surface area contributed by atoms with Crippen molar-refractivity contribution in [1.82, 2.24) is 4.90 Å². The van der Waals surface area contributed by atoms with Crippen LogP contribution in [0.4, 0.5) is 5.69 Å². The summed E-state index contributed by atoms with van der Waals surface area (Å²) in [6.07, 6.45) is 2.96. The van der Waals surface area contributed by atoms with Crippen molar-refractivity contribution in [2.75, 3.05) is 21.1 Å². The van der Waals surface area contributed by atoms with E-state index < -0.39 is 0 Å². The first kappa shape index (κ1) is 9.93. The van der Waals surface area contributed by atoms with Gasteiger partial charge in [-0.2, -0.15) is 0 Å². The Balaban J connectivity index is 0.000000184. The zero-order valence-electron chi connectivity index (χ0n) is 8.49. The summed E-state index contributed by atoms with van der Waals surface area (Å²) in [4.78, 5) is 6.17. The minimum Gasteiger partial charge on any atom is -0.312 e. The minimum atomic E-state index is 1.01. The smallest absolute Gasteiger partial charge is 0.0661 e. The van der Waals surface area contributed by atoms with Crippen LogP contribution in [0.25, 0.3) is 0 Å². The van der Waals surface area contributed by atoms with Gasteiger partial charge in [0.15, 0.2) is 0 Å². The molecule has 0 bridgehead atoms. The summed E-state index contributed by atoms with van der Waals surface area (Å²) < 4.78 is 0. The van der Waals surface area contributed by atoms with Crippen LogP contribution >= 0.6 is 0 Å². The van der Waals surface area contributed by atoms with E-state index in [-0.39, 0.29) is 0 Å². The van der Waals surface area contributed by atoms with Gasteiger partial charge in [-0.15, -0.1) is 0 Å². The van der Waals surface area contributed by atoms with Crippen LogP contribution in [0, 0.1) is 0 Å². The second-order valence-electron chi connectivity index (χ2n) is 3.49. The van der Waals surface area contributed by atoms with E-state index in [0.717, 1.165) is 12.1 Å². The number of rotatable bonds is 0. The highest BCUT2D eigenvalue weighted by molar-refractivity contribution is 5.75. The standard InChI is InChI=1S/C8H7N.C3H9N/c1-2-4-8-7(3-1)5-6-9-8;1-4(2)3/h1-4,6H,5H2;1-3H3. The van der Waals surface area contributed by atoms with Gasteiger partial charge in [-0.05, 0) is 32.8 Å². The lowest BCUT2D eigenvalue weighted by Gasteiger charge is -1.91. The van der Waals surface area contributed by atoms with E-state index in [0.29, 0.717) is 0 Å². The maximum Gasteiger partial charge on any atom is 0.0661 e. The minimum absolute atomic E-state index is 1.01. The van der Waals surface area contributed by atoms with Crippen molar-refractivity contribution >= 4 is 11.9 Å². The maximum absolute atomic E-state index is 4.17. The molecule has 0 spiro atoms. The number of hydrogen-bond donors (Lipinski definition) is 0. The third-order valence-electron chi connectivity index (χ3n) is 1.53.